The molecule has 1 amide bonds. The summed E-state index contributed by atoms with van der Waals surface area (Å²) in [6, 6.07) is 8.17. The van der Waals surface area contributed by atoms with Gasteiger partial charge in [0.1, 0.15) is 6.61 Å². The van der Waals surface area contributed by atoms with E-state index in [2.05, 4.69) is 15.4 Å². The van der Waals surface area contributed by atoms with Gasteiger partial charge in [-0.15, -0.1) is 0 Å². The Morgan fingerprint density at radius 1 is 1.32 bits per heavy atom. The smallest absolute Gasteiger partial charge is 0.405 e. The summed E-state index contributed by atoms with van der Waals surface area (Å²) in [5.74, 6) is -0.218. The molecule has 28 heavy (non-hydrogen) atoms. The van der Waals surface area contributed by atoms with Crippen molar-refractivity contribution >= 4 is 11.7 Å². The number of carbonyl (C=O) groups is 1. The first-order chi connectivity index (χ1) is 13.3. The first-order valence-electron chi connectivity index (χ1n) is 9.00. The van der Waals surface area contributed by atoms with Crippen LogP contribution in [0.3, 0.4) is 0 Å². The van der Waals surface area contributed by atoms with Crippen molar-refractivity contribution in [3.05, 3.63) is 48.5 Å². The fraction of sp³-hybridized carbons (Fsp3) is 0.350. The SMILES string of the molecule is CC(C)CC(C)(COc1ccc(-c2ccnc3ccnn23)cc1F)NC(=O)O. The number of halogens is 1. The van der Waals surface area contributed by atoms with Crippen molar-refractivity contribution in [1.82, 2.24) is 19.9 Å². The molecule has 7 nitrogen and oxygen atoms in total. The maximum Gasteiger partial charge on any atom is 0.405 e. The van der Waals surface area contributed by atoms with Crippen LogP contribution in [0.2, 0.25) is 0 Å². The van der Waals surface area contributed by atoms with Gasteiger partial charge in [-0.05, 0) is 43.5 Å². The van der Waals surface area contributed by atoms with Crippen molar-refractivity contribution in [3.63, 3.8) is 0 Å². The molecule has 3 aromatic rings. The number of ether oxygens (including phenoxy) is 1. The number of hydrogen-bond donors (Lipinski definition) is 2. The number of amides is 1. The van der Waals surface area contributed by atoms with Gasteiger partial charge in [-0.3, -0.25) is 0 Å². The van der Waals surface area contributed by atoms with Gasteiger partial charge < -0.3 is 15.2 Å². The Morgan fingerprint density at radius 3 is 2.79 bits per heavy atom. The van der Waals surface area contributed by atoms with E-state index in [1.54, 1.807) is 42.0 Å². The summed E-state index contributed by atoms with van der Waals surface area (Å²) >= 11 is 0. The molecule has 1 atom stereocenters. The second-order valence-corrected chi connectivity index (χ2v) is 7.45. The van der Waals surface area contributed by atoms with Gasteiger partial charge in [0.15, 0.2) is 17.2 Å². The summed E-state index contributed by atoms with van der Waals surface area (Å²) in [4.78, 5) is 15.3. The van der Waals surface area contributed by atoms with Crippen molar-refractivity contribution in [2.75, 3.05) is 6.61 Å². The van der Waals surface area contributed by atoms with E-state index in [4.69, 9.17) is 9.84 Å². The lowest BCUT2D eigenvalue weighted by atomic mass is 9.91. The number of carboxylic acid groups (broad SMARTS) is 1. The van der Waals surface area contributed by atoms with E-state index >= 15 is 0 Å². The third kappa shape index (κ3) is 4.39. The van der Waals surface area contributed by atoms with Gasteiger partial charge in [-0.2, -0.15) is 5.10 Å². The largest absolute Gasteiger partial charge is 0.488 e. The quantitative estimate of drug-likeness (QED) is 0.641. The zero-order chi connectivity index (χ0) is 20.3. The second kappa shape index (κ2) is 7.84. The first-order valence-corrected chi connectivity index (χ1v) is 9.00. The van der Waals surface area contributed by atoms with E-state index in [9.17, 15) is 9.18 Å². The Bertz CT molecular complexity index is 988. The molecule has 1 aromatic carbocycles. The van der Waals surface area contributed by atoms with Crippen molar-refractivity contribution in [2.45, 2.75) is 32.7 Å². The topological polar surface area (TPSA) is 88.8 Å². The van der Waals surface area contributed by atoms with Crippen LogP contribution in [-0.2, 0) is 0 Å². The number of hydrogen-bond acceptors (Lipinski definition) is 4. The summed E-state index contributed by atoms with van der Waals surface area (Å²) < 4.78 is 21.9. The van der Waals surface area contributed by atoms with Crippen LogP contribution < -0.4 is 10.1 Å². The lowest BCUT2D eigenvalue weighted by Gasteiger charge is -2.31. The number of benzene rings is 1. The molecule has 2 aromatic heterocycles. The molecule has 0 radical (unpaired) electrons. The van der Waals surface area contributed by atoms with Crippen LogP contribution >= 0.6 is 0 Å². The van der Waals surface area contributed by atoms with Crippen LogP contribution in [0.4, 0.5) is 9.18 Å². The average molecular weight is 386 g/mol. The summed E-state index contributed by atoms with van der Waals surface area (Å²) in [5.41, 5.74) is 1.19. The average Bonchev–Trinajstić information content (AvgIpc) is 3.08. The summed E-state index contributed by atoms with van der Waals surface area (Å²) in [5, 5.41) is 15.8. The molecule has 0 aliphatic rings. The first kappa shape index (κ1) is 19.6. The van der Waals surface area contributed by atoms with E-state index in [1.807, 2.05) is 13.8 Å². The molecule has 0 saturated carbocycles. The molecule has 0 fully saturated rings. The molecular weight excluding hydrogens is 363 g/mol. The summed E-state index contributed by atoms with van der Waals surface area (Å²) in [6.45, 7) is 5.75. The number of fused-ring (bicyclic) bond motifs is 1. The zero-order valence-electron chi connectivity index (χ0n) is 16.0. The molecule has 0 aliphatic carbocycles. The Kier molecular flexibility index (Phi) is 5.48. The van der Waals surface area contributed by atoms with Crippen LogP contribution in [-0.4, -0.2) is 37.9 Å². The lowest BCUT2D eigenvalue weighted by molar-refractivity contribution is 0.141. The lowest BCUT2D eigenvalue weighted by Crippen LogP contribution is -2.50. The molecule has 3 rings (SSSR count). The number of rotatable bonds is 7. The van der Waals surface area contributed by atoms with Gasteiger partial charge in [0.25, 0.3) is 0 Å². The maximum absolute atomic E-state index is 14.7. The highest BCUT2D eigenvalue weighted by atomic mass is 19.1. The number of nitrogens with one attached hydrogen (secondary N) is 1. The standard InChI is InChI=1S/C20H23FN4O3/c1-13(2)11-20(3,24-19(26)27)12-28-17-5-4-14(10-15(17)21)16-6-8-22-18-7-9-23-25(16)18/h4-10,13,24H,11-12H2,1-3H3,(H,26,27). The maximum atomic E-state index is 14.7. The normalized spacial score (nSPS) is 13.5. The third-order valence-corrected chi connectivity index (χ3v) is 4.33. The van der Waals surface area contributed by atoms with Crippen molar-refractivity contribution in [1.29, 1.82) is 0 Å². The minimum atomic E-state index is -1.14. The van der Waals surface area contributed by atoms with E-state index in [-0.39, 0.29) is 18.3 Å². The minimum Gasteiger partial charge on any atom is -0.488 e. The van der Waals surface area contributed by atoms with E-state index < -0.39 is 17.4 Å². The van der Waals surface area contributed by atoms with Gasteiger partial charge in [-0.1, -0.05) is 13.8 Å². The van der Waals surface area contributed by atoms with Gasteiger partial charge in [0, 0.05) is 17.8 Å². The van der Waals surface area contributed by atoms with Crippen LogP contribution in [0, 0.1) is 11.7 Å². The molecule has 0 spiro atoms. The number of nitrogens with zero attached hydrogens (tertiary/aromatic N) is 3. The van der Waals surface area contributed by atoms with Crippen molar-refractivity contribution in [3.8, 4) is 17.0 Å². The Morgan fingerprint density at radius 2 is 2.11 bits per heavy atom. The zero-order valence-corrected chi connectivity index (χ0v) is 16.0. The second-order valence-electron chi connectivity index (χ2n) is 7.45. The van der Waals surface area contributed by atoms with Crippen LogP contribution in [0.15, 0.2) is 42.7 Å². The van der Waals surface area contributed by atoms with E-state index in [1.165, 1.54) is 12.1 Å². The highest BCUT2D eigenvalue weighted by Crippen LogP contribution is 2.27. The summed E-state index contributed by atoms with van der Waals surface area (Å²) in [6.07, 6.45) is 2.70. The Hall–Kier alpha value is -3.16. The molecule has 2 N–H and O–H groups in total. The number of aromatic nitrogens is 3. The highest BCUT2D eigenvalue weighted by Gasteiger charge is 2.29. The van der Waals surface area contributed by atoms with Gasteiger partial charge in [-0.25, -0.2) is 18.7 Å². The van der Waals surface area contributed by atoms with Crippen LogP contribution in [0.1, 0.15) is 27.2 Å². The summed E-state index contributed by atoms with van der Waals surface area (Å²) in [7, 11) is 0. The molecule has 8 heteroatoms. The predicted molar refractivity (Wildman–Crippen MR) is 103 cm³/mol. The monoisotopic (exact) mass is 386 g/mol. The van der Waals surface area contributed by atoms with E-state index in [0.717, 1.165) is 0 Å². The van der Waals surface area contributed by atoms with Crippen LogP contribution in [0.25, 0.3) is 16.9 Å². The molecule has 1 unspecified atom stereocenters. The fourth-order valence-electron chi connectivity index (χ4n) is 3.37. The molecule has 0 bridgehead atoms. The predicted octanol–water partition coefficient (Wildman–Crippen LogP) is 3.99. The van der Waals surface area contributed by atoms with Crippen molar-refractivity contribution in [2.24, 2.45) is 5.92 Å². The van der Waals surface area contributed by atoms with Gasteiger partial charge >= 0.3 is 6.09 Å². The fourth-order valence-corrected chi connectivity index (χ4v) is 3.37. The third-order valence-electron chi connectivity index (χ3n) is 4.33. The minimum absolute atomic E-state index is 0.0202. The van der Waals surface area contributed by atoms with E-state index in [0.29, 0.717) is 23.3 Å². The highest BCUT2D eigenvalue weighted by molar-refractivity contribution is 5.65. The molecule has 148 valence electrons. The van der Waals surface area contributed by atoms with Gasteiger partial charge in [0.05, 0.1) is 17.4 Å². The Labute approximate surface area is 162 Å². The molecule has 0 saturated heterocycles. The molecule has 2 heterocycles. The molecule has 0 aliphatic heterocycles. The molecular formula is C20H23FN4O3. The van der Waals surface area contributed by atoms with Gasteiger partial charge in [0.2, 0.25) is 0 Å². The van der Waals surface area contributed by atoms with Crippen molar-refractivity contribution < 1.29 is 19.0 Å². The Balaban J connectivity index is 1.81. The van der Waals surface area contributed by atoms with Crippen LogP contribution in [0.5, 0.6) is 5.75 Å².